The van der Waals surface area contributed by atoms with E-state index in [1.807, 2.05) is 0 Å². The van der Waals surface area contributed by atoms with Crippen LogP contribution in [0.15, 0.2) is 30.5 Å². The number of aromatic nitrogens is 1. The minimum Gasteiger partial charge on any atom is -0.373 e. The van der Waals surface area contributed by atoms with Crippen LogP contribution in [0.5, 0.6) is 0 Å². The van der Waals surface area contributed by atoms with Crippen LogP contribution in [-0.4, -0.2) is 17.3 Å². The lowest BCUT2D eigenvalue weighted by Crippen LogP contribution is -1.92. The number of nitrogens with zero attached hydrogens (tertiary/aromatic N) is 1. The lowest BCUT2D eigenvalue weighted by Gasteiger charge is -2.00. The lowest BCUT2D eigenvalue weighted by molar-refractivity contribution is 0.407. The number of fused-ring (bicyclic) bond motifs is 1. The largest absolute Gasteiger partial charge is 0.373 e. The van der Waals surface area contributed by atoms with E-state index in [0.717, 1.165) is 13.0 Å². The maximum absolute atomic E-state index is 5.22. The van der Waals surface area contributed by atoms with E-state index < -0.39 is 0 Å². The zero-order valence-electron chi connectivity index (χ0n) is 8.23. The Morgan fingerprint density at radius 1 is 1.43 bits per heavy atom. The summed E-state index contributed by atoms with van der Waals surface area (Å²) >= 11 is 0. The minimum absolute atomic E-state index is 0.483. The number of hydrogen-bond acceptors (Lipinski definition) is 1. The Labute approximate surface area is 83.1 Å². The molecular formula is C12H13NO. The first-order chi connectivity index (χ1) is 6.83. The van der Waals surface area contributed by atoms with Gasteiger partial charge in [-0.3, -0.25) is 0 Å². The molecule has 3 rings (SSSR count). The Morgan fingerprint density at radius 3 is 3.07 bits per heavy atom. The van der Waals surface area contributed by atoms with E-state index in [4.69, 9.17) is 4.74 Å². The van der Waals surface area contributed by atoms with Crippen LogP contribution in [0.3, 0.4) is 0 Å². The van der Waals surface area contributed by atoms with Gasteiger partial charge in [0.05, 0.1) is 12.7 Å². The van der Waals surface area contributed by atoms with E-state index in [1.54, 1.807) is 0 Å². The third kappa shape index (κ3) is 1.32. The van der Waals surface area contributed by atoms with E-state index in [9.17, 15) is 0 Å². The SMILES string of the molecule is Cn1ccc2cc(CC3CO3)ccc21. The minimum atomic E-state index is 0.483. The normalized spacial score (nSPS) is 20.2. The molecule has 1 saturated heterocycles. The molecule has 0 spiro atoms. The van der Waals surface area contributed by atoms with Gasteiger partial charge in [-0.05, 0) is 29.1 Å². The van der Waals surface area contributed by atoms with E-state index >= 15 is 0 Å². The van der Waals surface area contributed by atoms with Gasteiger partial charge >= 0.3 is 0 Å². The molecule has 1 fully saturated rings. The Kier molecular flexibility index (Phi) is 1.64. The number of rotatable bonds is 2. The van der Waals surface area contributed by atoms with E-state index in [0.29, 0.717) is 6.10 Å². The summed E-state index contributed by atoms with van der Waals surface area (Å²) in [6.07, 6.45) is 3.64. The zero-order valence-corrected chi connectivity index (χ0v) is 8.23. The summed E-state index contributed by atoms with van der Waals surface area (Å²) in [4.78, 5) is 0. The summed E-state index contributed by atoms with van der Waals surface area (Å²) in [5.41, 5.74) is 2.68. The first kappa shape index (κ1) is 8.06. The Bertz CT molecular complexity index is 468. The van der Waals surface area contributed by atoms with Crippen LogP contribution in [0.4, 0.5) is 0 Å². The average Bonchev–Trinajstić information content (AvgIpc) is 2.92. The fourth-order valence-electron chi connectivity index (χ4n) is 1.91. The van der Waals surface area contributed by atoms with Gasteiger partial charge in [-0.25, -0.2) is 0 Å². The number of benzene rings is 1. The highest BCUT2D eigenvalue weighted by atomic mass is 16.6. The van der Waals surface area contributed by atoms with Crippen LogP contribution in [-0.2, 0) is 18.2 Å². The molecule has 2 heterocycles. The average molecular weight is 187 g/mol. The fourth-order valence-corrected chi connectivity index (χ4v) is 1.91. The molecule has 0 N–H and O–H groups in total. The summed E-state index contributed by atoms with van der Waals surface area (Å²) < 4.78 is 7.37. The molecule has 1 atom stereocenters. The summed E-state index contributed by atoms with van der Waals surface area (Å²) in [6.45, 7) is 0.937. The van der Waals surface area contributed by atoms with Crippen molar-refractivity contribution in [3.05, 3.63) is 36.0 Å². The van der Waals surface area contributed by atoms with Crippen LogP contribution in [0, 0.1) is 0 Å². The summed E-state index contributed by atoms with van der Waals surface area (Å²) in [7, 11) is 2.08. The number of hydrogen-bond donors (Lipinski definition) is 0. The summed E-state index contributed by atoms with van der Waals surface area (Å²) in [6, 6.07) is 8.81. The smallest absolute Gasteiger partial charge is 0.0850 e. The topological polar surface area (TPSA) is 17.5 Å². The molecule has 0 radical (unpaired) electrons. The van der Waals surface area contributed by atoms with Crippen molar-refractivity contribution in [3.63, 3.8) is 0 Å². The van der Waals surface area contributed by atoms with Gasteiger partial charge in [0.15, 0.2) is 0 Å². The number of aryl methyl sites for hydroxylation is 1. The monoisotopic (exact) mass is 187 g/mol. The standard InChI is InChI=1S/C12H13NO/c1-13-5-4-10-6-9(2-3-12(10)13)7-11-8-14-11/h2-6,11H,7-8H2,1H3. The van der Waals surface area contributed by atoms with Crippen LogP contribution in [0.25, 0.3) is 10.9 Å². The van der Waals surface area contributed by atoms with Crippen molar-refractivity contribution in [2.24, 2.45) is 7.05 Å². The summed E-state index contributed by atoms with van der Waals surface area (Å²) in [5, 5.41) is 1.32. The molecule has 2 heteroatoms. The Hall–Kier alpha value is -1.28. The molecule has 1 aromatic heterocycles. The van der Waals surface area contributed by atoms with Gasteiger partial charge in [0, 0.05) is 25.2 Å². The van der Waals surface area contributed by atoms with Crippen LogP contribution in [0.2, 0.25) is 0 Å². The molecule has 1 aliphatic heterocycles. The van der Waals surface area contributed by atoms with Gasteiger partial charge in [0.2, 0.25) is 0 Å². The lowest BCUT2D eigenvalue weighted by atomic mass is 10.1. The maximum atomic E-state index is 5.22. The van der Waals surface area contributed by atoms with E-state index in [-0.39, 0.29) is 0 Å². The van der Waals surface area contributed by atoms with Gasteiger partial charge in [0.25, 0.3) is 0 Å². The van der Waals surface area contributed by atoms with Crippen molar-refractivity contribution in [2.75, 3.05) is 6.61 Å². The van der Waals surface area contributed by atoms with Crippen LogP contribution < -0.4 is 0 Å². The molecule has 2 aromatic rings. The number of epoxide rings is 1. The maximum Gasteiger partial charge on any atom is 0.0850 e. The highest BCUT2D eigenvalue weighted by Crippen LogP contribution is 2.21. The van der Waals surface area contributed by atoms with Crippen LogP contribution in [0.1, 0.15) is 5.56 Å². The fraction of sp³-hybridized carbons (Fsp3) is 0.333. The van der Waals surface area contributed by atoms with Gasteiger partial charge in [-0.15, -0.1) is 0 Å². The molecular weight excluding hydrogens is 174 g/mol. The van der Waals surface area contributed by atoms with Crippen molar-refractivity contribution < 1.29 is 4.74 Å². The summed E-state index contributed by atoms with van der Waals surface area (Å²) in [5.74, 6) is 0. The molecule has 72 valence electrons. The predicted octanol–water partition coefficient (Wildman–Crippen LogP) is 2.12. The third-order valence-electron chi connectivity index (χ3n) is 2.82. The van der Waals surface area contributed by atoms with Crippen molar-refractivity contribution in [1.82, 2.24) is 4.57 Å². The van der Waals surface area contributed by atoms with Crippen molar-refractivity contribution in [2.45, 2.75) is 12.5 Å². The molecule has 1 unspecified atom stereocenters. The second-order valence-electron chi connectivity index (χ2n) is 3.98. The first-order valence-corrected chi connectivity index (χ1v) is 4.98. The second kappa shape index (κ2) is 2.85. The molecule has 1 aromatic carbocycles. The third-order valence-corrected chi connectivity index (χ3v) is 2.82. The van der Waals surface area contributed by atoms with Crippen molar-refractivity contribution in [1.29, 1.82) is 0 Å². The quantitative estimate of drug-likeness (QED) is 0.658. The molecule has 14 heavy (non-hydrogen) atoms. The van der Waals surface area contributed by atoms with Crippen molar-refractivity contribution >= 4 is 10.9 Å². The van der Waals surface area contributed by atoms with Gasteiger partial charge < -0.3 is 9.30 Å². The highest BCUT2D eigenvalue weighted by molar-refractivity contribution is 5.80. The van der Waals surface area contributed by atoms with E-state index in [1.165, 1.54) is 16.5 Å². The molecule has 0 saturated carbocycles. The molecule has 2 nitrogen and oxygen atoms in total. The van der Waals surface area contributed by atoms with Gasteiger partial charge in [-0.1, -0.05) is 6.07 Å². The molecule has 0 bridgehead atoms. The first-order valence-electron chi connectivity index (χ1n) is 4.98. The van der Waals surface area contributed by atoms with E-state index in [2.05, 4.69) is 42.1 Å². The molecule has 1 aliphatic rings. The number of ether oxygens (including phenoxy) is 1. The predicted molar refractivity (Wildman–Crippen MR) is 56.4 cm³/mol. The van der Waals surface area contributed by atoms with Gasteiger partial charge in [-0.2, -0.15) is 0 Å². The van der Waals surface area contributed by atoms with Crippen molar-refractivity contribution in [3.8, 4) is 0 Å². The molecule has 0 aliphatic carbocycles. The Balaban J connectivity index is 2.01. The van der Waals surface area contributed by atoms with Gasteiger partial charge in [0.1, 0.15) is 0 Å². The molecule has 0 amide bonds. The Morgan fingerprint density at radius 2 is 2.29 bits per heavy atom. The second-order valence-corrected chi connectivity index (χ2v) is 3.98. The highest BCUT2D eigenvalue weighted by Gasteiger charge is 2.22. The zero-order chi connectivity index (χ0) is 9.54. The van der Waals surface area contributed by atoms with Crippen LogP contribution >= 0.6 is 0 Å².